The maximum absolute atomic E-state index is 4.30. The van der Waals surface area contributed by atoms with Crippen molar-refractivity contribution in [3.05, 3.63) is 35.9 Å². The summed E-state index contributed by atoms with van der Waals surface area (Å²) in [5.74, 6) is 0.880. The van der Waals surface area contributed by atoms with E-state index in [2.05, 4.69) is 10.5 Å². The normalized spacial score (nSPS) is 17.1. The van der Waals surface area contributed by atoms with Gasteiger partial charge >= 0.3 is 0 Å². The molecular weight excluding hydrogens is 164 g/mol. The van der Waals surface area contributed by atoms with Crippen molar-refractivity contribution in [2.45, 2.75) is 0 Å². The average molecular weight is 176 g/mol. The third kappa shape index (κ3) is 1.48. The minimum Gasteiger partial charge on any atom is -0.282 e. The molecule has 0 spiro atoms. The molecule has 1 heterocycles. The lowest BCUT2D eigenvalue weighted by molar-refractivity contribution is 0.0275. The van der Waals surface area contributed by atoms with Crippen LogP contribution >= 0.6 is 0 Å². The third-order valence-electron chi connectivity index (χ3n) is 1.99. The van der Waals surface area contributed by atoms with Crippen molar-refractivity contribution in [1.29, 1.82) is 0 Å². The van der Waals surface area contributed by atoms with Crippen LogP contribution in [0.4, 0.5) is 0 Å². The summed E-state index contributed by atoms with van der Waals surface area (Å²) in [7, 11) is 3.81. The van der Waals surface area contributed by atoms with Crippen molar-refractivity contribution in [2.75, 3.05) is 14.1 Å². The maximum Gasteiger partial charge on any atom is 0.170 e. The van der Waals surface area contributed by atoms with Crippen molar-refractivity contribution >= 4 is 5.84 Å². The predicted octanol–water partition coefficient (Wildman–Crippen LogP) is 0.645. The molecule has 4 nitrogen and oxygen atoms in total. The van der Waals surface area contributed by atoms with Gasteiger partial charge in [0.15, 0.2) is 5.84 Å². The molecule has 0 aliphatic carbocycles. The van der Waals surface area contributed by atoms with Gasteiger partial charge in [0.2, 0.25) is 0 Å². The van der Waals surface area contributed by atoms with Crippen LogP contribution in [0.5, 0.6) is 0 Å². The number of nitrogens with zero attached hydrogens (tertiary/aromatic N) is 3. The highest BCUT2D eigenvalue weighted by Gasteiger charge is 2.16. The largest absolute Gasteiger partial charge is 0.282 e. The fraction of sp³-hybridized carbons (Fsp3) is 0.222. The van der Waals surface area contributed by atoms with Crippen molar-refractivity contribution in [2.24, 2.45) is 5.10 Å². The van der Waals surface area contributed by atoms with E-state index in [1.807, 2.05) is 49.5 Å². The second kappa shape index (κ2) is 3.06. The number of nitrogens with one attached hydrogen (secondary N) is 1. The molecular formula is C9H12N4. The summed E-state index contributed by atoms with van der Waals surface area (Å²) in [6.07, 6.45) is 0. The Morgan fingerprint density at radius 3 is 2.38 bits per heavy atom. The lowest BCUT2D eigenvalue weighted by atomic mass is 10.2. The molecule has 1 aliphatic rings. The second-order valence-corrected chi connectivity index (χ2v) is 2.94. The lowest BCUT2D eigenvalue weighted by Crippen LogP contribution is -2.38. The molecule has 1 N–H and O–H groups in total. The molecule has 0 amide bonds. The lowest BCUT2D eigenvalue weighted by Gasteiger charge is -2.16. The SMILES string of the molecule is CN1N=C(c2ccccc2)NN1C. The zero-order valence-corrected chi connectivity index (χ0v) is 7.73. The number of hydrogen-bond donors (Lipinski definition) is 1. The molecule has 68 valence electrons. The summed E-state index contributed by atoms with van der Waals surface area (Å²) in [6.45, 7) is 0. The van der Waals surface area contributed by atoms with E-state index in [4.69, 9.17) is 0 Å². The average Bonchev–Trinajstić information content (AvgIpc) is 2.49. The van der Waals surface area contributed by atoms with Crippen LogP contribution in [0.3, 0.4) is 0 Å². The summed E-state index contributed by atoms with van der Waals surface area (Å²) in [6, 6.07) is 10.0. The highest BCUT2D eigenvalue weighted by molar-refractivity contribution is 5.98. The number of hydrazone groups is 1. The van der Waals surface area contributed by atoms with Crippen LogP contribution in [0, 0.1) is 0 Å². The van der Waals surface area contributed by atoms with Crippen LogP contribution in [0.15, 0.2) is 35.4 Å². The van der Waals surface area contributed by atoms with Crippen molar-refractivity contribution < 1.29 is 0 Å². The van der Waals surface area contributed by atoms with Gasteiger partial charge in [-0.1, -0.05) is 30.3 Å². The first-order valence-electron chi connectivity index (χ1n) is 4.15. The van der Waals surface area contributed by atoms with E-state index in [9.17, 15) is 0 Å². The van der Waals surface area contributed by atoms with E-state index < -0.39 is 0 Å². The fourth-order valence-electron chi connectivity index (χ4n) is 1.18. The Balaban J connectivity index is 2.25. The predicted molar refractivity (Wildman–Crippen MR) is 51.6 cm³/mol. The van der Waals surface area contributed by atoms with Gasteiger partial charge in [-0.05, 0) is 0 Å². The summed E-state index contributed by atoms with van der Waals surface area (Å²) in [4.78, 5) is 0. The molecule has 1 aromatic rings. The molecule has 0 unspecified atom stereocenters. The zero-order valence-electron chi connectivity index (χ0n) is 7.73. The number of benzene rings is 1. The zero-order chi connectivity index (χ0) is 9.26. The van der Waals surface area contributed by atoms with Gasteiger partial charge in [-0.15, -0.1) is 10.2 Å². The highest BCUT2D eigenvalue weighted by atomic mass is 15.9. The molecule has 13 heavy (non-hydrogen) atoms. The summed E-state index contributed by atoms with van der Waals surface area (Å²) in [5.41, 5.74) is 4.23. The third-order valence-corrected chi connectivity index (χ3v) is 1.99. The molecule has 0 radical (unpaired) electrons. The summed E-state index contributed by atoms with van der Waals surface area (Å²) < 4.78 is 0. The van der Waals surface area contributed by atoms with Gasteiger partial charge < -0.3 is 0 Å². The molecule has 0 fully saturated rings. The minimum atomic E-state index is 0.880. The number of rotatable bonds is 1. The summed E-state index contributed by atoms with van der Waals surface area (Å²) in [5, 5.41) is 7.88. The molecule has 1 aromatic carbocycles. The van der Waals surface area contributed by atoms with E-state index in [1.54, 1.807) is 5.12 Å². The van der Waals surface area contributed by atoms with Crippen LogP contribution in [-0.2, 0) is 0 Å². The second-order valence-electron chi connectivity index (χ2n) is 2.94. The quantitative estimate of drug-likeness (QED) is 0.681. The Hall–Kier alpha value is -1.55. The van der Waals surface area contributed by atoms with Gasteiger partial charge in [0.25, 0.3) is 0 Å². The van der Waals surface area contributed by atoms with Crippen LogP contribution in [-0.4, -0.2) is 30.2 Å². The van der Waals surface area contributed by atoms with Crippen molar-refractivity contribution in [3.63, 3.8) is 0 Å². The minimum absolute atomic E-state index is 0.880. The first-order valence-corrected chi connectivity index (χ1v) is 4.15. The number of hydrogen-bond acceptors (Lipinski definition) is 4. The van der Waals surface area contributed by atoms with Gasteiger partial charge in [0.05, 0.1) is 0 Å². The monoisotopic (exact) mass is 176 g/mol. The van der Waals surface area contributed by atoms with E-state index in [0.29, 0.717) is 0 Å². The maximum atomic E-state index is 4.30. The Morgan fingerprint density at radius 1 is 1.15 bits per heavy atom. The van der Waals surface area contributed by atoms with Gasteiger partial charge in [-0.2, -0.15) is 0 Å². The van der Waals surface area contributed by atoms with Gasteiger partial charge in [0.1, 0.15) is 0 Å². The number of amidine groups is 1. The van der Waals surface area contributed by atoms with E-state index >= 15 is 0 Å². The van der Waals surface area contributed by atoms with Crippen molar-refractivity contribution in [1.82, 2.24) is 15.7 Å². The Labute approximate surface area is 77.4 Å². The fourth-order valence-corrected chi connectivity index (χ4v) is 1.18. The van der Waals surface area contributed by atoms with Crippen LogP contribution < -0.4 is 5.43 Å². The van der Waals surface area contributed by atoms with Gasteiger partial charge in [-0.3, -0.25) is 5.43 Å². The van der Waals surface area contributed by atoms with Crippen molar-refractivity contribution in [3.8, 4) is 0 Å². The standard InChI is InChI=1S/C9H12N4/c1-12-10-9(11-13(12)2)8-6-4-3-5-7-8/h3-7H,1-2H3,(H,10,11). The summed E-state index contributed by atoms with van der Waals surface area (Å²) >= 11 is 0. The smallest absolute Gasteiger partial charge is 0.170 e. The molecule has 2 rings (SSSR count). The Morgan fingerprint density at radius 2 is 1.85 bits per heavy atom. The molecule has 1 aliphatic heterocycles. The molecule has 0 saturated carbocycles. The topological polar surface area (TPSA) is 30.9 Å². The van der Waals surface area contributed by atoms with Gasteiger partial charge in [-0.25, -0.2) is 5.12 Å². The molecule has 0 bridgehead atoms. The van der Waals surface area contributed by atoms with Crippen LogP contribution in [0.25, 0.3) is 0 Å². The Bertz CT molecular complexity index is 320. The van der Waals surface area contributed by atoms with E-state index in [1.165, 1.54) is 0 Å². The first kappa shape index (κ1) is 8.07. The van der Waals surface area contributed by atoms with Gasteiger partial charge in [0, 0.05) is 19.7 Å². The molecule has 0 atom stereocenters. The van der Waals surface area contributed by atoms with Crippen LogP contribution in [0.2, 0.25) is 0 Å². The first-order chi connectivity index (χ1) is 6.27. The molecule has 0 aromatic heterocycles. The highest BCUT2D eigenvalue weighted by Crippen LogP contribution is 2.06. The molecule has 0 saturated heterocycles. The van der Waals surface area contributed by atoms with E-state index in [-0.39, 0.29) is 0 Å². The van der Waals surface area contributed by atoms with Crippen LogP contribution in [0.1, 0.15) is 5.56 Å². The Kier molecular flexibility index (Phi) is 1.90. The number of hydrazine groups is 2. The van der Waals surface area contributed by atoms with E-state index in [0.717, 1.165) is 11.4 Å². The molecule has 4 heteroatoms.